The van der Waals surface area contributed by atoms with Gasteiger partial charge in [0.25, 0.3) is 0 Å². The molecule has 5 heteroatoms. The molecule has 0 aliphatic rings. The quantitative estimate of drug-likeness (QED) is 0.230. The number of hydrogen-bond donors (Lipinski definition) is 0. The summed E-state index contributed by atoms with van der Waals surface area (Å²) < 4.78 is 11.1. The Labute approximate surface area is 130 Å². The third kappa shape index (κ3) is 15.1. The summed E-state index contributed by atoms with van der Waals surface area (Å²) in [6.45, 7) is 5.76. The minimum absolute atomic E-state index is 0.664. The summed E-state index contributed by atoms with van der Waals surface area (Å²) in [5.41, 5.74) is -2.39. The Kier molecular flexibility index (Phi) is 14.6. The monoisotopic (exact) mass is 325 g/mol. The van der Waals surface area contributed by atoms with Crippen molar-refractivity contribution in [3.63, 3.8) is 0 Å². The molecule has 0 bridgehead atoms. The van der Waals surface area contributed by atoms with Gasteiger partial charge in [-0.1, -0.05) is 77.0 Å². The summed E-state index contributed by atoms with van der Waals surface area (Å²) in [5, 5.41) is 0. The predicted octanol–water partition coefficient (Wildman–Crippen LogP) is 5.73. The van der Waals surface area contributed by atoms with E-state index in [0.717, 1.165) is 12.8 Å². The topological polar surface area (TPSA) is 18.5 Å². The Hall–Kier alpha value is 0.920. The standard InChI is InChI=1S/C14H31O2PS2/c1-3-5-7-9-10-12-14-16-17(18,19)15-13-11-8-6-4-2/h3-14H2,1-2H3,(H,18,19)/p-1. The average molecular weight is 326 g/mol. The highest BCUT2D eigenvalue weighted by Gasteiger charge is 2.01. The van der Waals surface area contributed by atoms with Crippen LogP contribution in [0, 0.1) is 0 Å². The highest BCUT2D eigenvalue weighted by molar-refractivity contribution is 8.51. The van der Waals surface area contributed by atoms with Gasteiger partial charge >= 0.3 is 0 Å². The van der Waals surface area contributed by atoms with Gasteiger partial charge in [-0.2, -0.15) is 0 Å². The van der Waals surface area contributed by atoms with Crippen molar-refractivity contribution in [3.8, 4) is 0 Å². The third-order valence-corrected chi connectivity index (χ3v) is 5.26. The van der Waals surface area contributed by atoms with Crippen LogP contribution in [-0.2, 0) is 33.1 Å². The second-order valence-electron chi connectivity index (χ2n) is 4.94. The van der Waals surface area contributed by atoms with Gasteiger partial charge in [-0.05, 0) is 12.8 Å². The molecule has 0 aromatic carbocycles. The Morgan fingerprint density at radius 3 is 1.58 bits per heavy atom. The van der Waals surface area contributed by atoms with Crippen LogP contribution in [0.4, 0.5) is 0 Å². The Morgan fingerprint density at radius 2 is 1.11 bits per heavy atom. The molecule has 0 radical (unpaired) electrons. The van der Waals surface area contributed by atoms with Crippen molar-refractivity contribution in [2.75, 3.05) is 13.2 Å². The molecular formula is C14H30O2PS2-. The van der Waals surface area contributed by atoms with Gasteiger partial charge < -0.3 is 21.3 Å². The minimum Gasteiger partial charge on any atom is -0.691 e. The minimum atomic E-state index is -2.39. The van der Waals surface area contributed by atoms with Crippen molar-refractivity contribution in [1.82, 2.24) is 0 Å². The second kappa shape index (κ2) is 13.9. The maximum Gasteiger partial charge on any atom is 0.0563 e. The molecule has 0 fully saturated rings. The lowest BCUT2D eigenvalue weighted by molar-refractivity contribution is 0.250. The van der Waals surface area contributed by atoms with Crippen LogP contribution < -0.4 is 0 Å². The smallest absolute Gasteiger partial charge is 0.0563 e. The van der Waals surface area contributed by atoms with E-state index in [4.69, 9.17) is 33.1 Å². The van der Waals surface area contributed by atoms with Crippen LogP contribution in [0.25, 0.3) is 0 Å². The maximum atomic E-state index is 5.56. The molecule has 0 saturated heterocycles. The zero-order valence-electron chi connectivity index (χ0n) is 12.6. The number of rotatable bonds is 14. The van der Waals surface area contributed by atoms with E-state index < -0.39 is 5.69 Å². The van der Waals surface area contributed by atoms with E-state index in [1.807, 2.05) is 0 Å². The summed E-state index contributed by atoms with van der Waals surface area (Å²) in [6.07, 6.45) is 12.2. The van der Waals surface area contributed by atoms with Crippen molar-refractivity contribution in [2.45, 2.75) is 78.1 Å². The van der Waals surface area contributed by atoms with Crippen molar-refractivity contribution in [3.05, 3.63) is 0 Å². The SMILES string of the molecule is CCCCCCCCOP(=S)([S-])OCCCCCC. The van der Waals surface area contributed by atoms with Gasteiger partial charge in [-0.3, -0.25) is 0 Å². The molecular weight excluding hydrogens is 295 g/mol. The summed E-state index contributed by atoms with van der Waals surface area (Å²) in [6, 6.07) is 0. The molecule has 0 aliphatic heterocycles. The highest BCUT2D eigenvalue weighted by Crippen LogP contribution is 2.46. The largest absolute Gasteiger partial charge is 0.691 e. The fraction of sp³-hybridized carbons (Fsp3) is 1.00. The van der Waals surface area contributed by atoms with Crippen LogP contribution in [0.15, 0.2) is 0 Å². The first kappa shape index (κ1) is 19.9. The molecule has 1 atom stereocenters. The maximum absolute atomic E-state index is 5.56. The summed E-state index contributed by atoms with van der Waals surface area (Å²) in [7, 11) is 0. The molecule has 0 aliphatic carbocycles. The van der Waals surface area contributed by atoms with Gasteiger partial charge in [0.15, 0.2) is 0 Å². The van der Waals surface area contributed by atoms with Crippen LogP contribution in [-0.4, -0.2) is 13.2 Å². The predicted molar refractivity (Wildman–Crippen MR) is 91.1 cm³/mol. The molecule has 0 aromatic rings. The molecule has 2 nitrogen and oxygen atoms in total. The summed E-state index contributed by atoms with van der Waals surface area (Å²) in [4.78, 5) is 0. The first-order chi connectivity index (χ1) is 9.12. The lowest BCUT2D eigenvalue weighted by Crippen LogP contribution is -1.97. The van der Waals surface area contributed by atoms with Crippen LogP contribution >= 0.6 is 5.69 Å². The van der Waals surface area contributed by atoms with Crippen LogP contribution in [0.3, 0.4) is 0 Å². The van der Waals surface area contributed by atoms with Crippen LogP contribution in [0.1, 0.15) is 78.1 Å². The van der Waals surface area contributed by atoms with Crippen molar-refractivity contribution >= 4 is 29.7 Å². The molecule has 19 heavy (non-hydrogen) atoms. The molecule has 0 amide bonds. The van der Waals surface area contributed by atoms with Gasteiger partial charge in [-0.15, -0.1) is 0 Å². The van der Waals surface area contributed by atoms with Gasteiger partial charge in [0.1, 0.15) is 0 Å². The van der Waals surface area contributed by atoms with Gasteiger partial charge in [0.2, 0.25) is 0 Å². The van der Waals surface area contributed by atoms with Crippen LogP contribution in [0.5, 0.6) is 0 Å². The number of unbranched alkanes of at least 4 members (excludes halogenated alkanes) is 8. The molecule has 0 N–H and O–H groups in total. The van der Waals surface area contributed by atoms with E-state index in [1.165, 1.54) is 51.4 Å². The molecule has 0 spiro atoms. The van der Waals surface area contributed by atoms with Gasteiger partial charge in [-0.25, -0.2) is 0 Å². The van der Waals surface area contributed by atoms with E-state index in [-0.39, 0.29) is 0 Å². The first-order valence-electron chi connectivity index (χ1n) is 7.72. The van der Waals surface area contributed by atoms with E-state index in [0.29, 0.717) is 13.2 Å². The Morgan fingerprint density at radius 1 is 0.737 bits per heavy atom. The van der Waals surface area contributed by atoms with Gasteiger partial charge in [0, 0.05) is 0 Å². The summed E-state index contributed by atoms with van der Waals surface area (Å²) in [5.74, 6) is 0. The third-order valence-electron chi connectivity index (χ3n) is 2.99. The molecule has 0 rings (SSSR count). The zero-order valence-corrected chi connectivity index (χ0v) is 15.1. The lowest BCUT2D eigenvalue weighted by Gasteiger charge is -2.28. The van der Waals surface area contributed by atoms with Crippen LogP contribution in [0.2, 0.25) is 0 Å². The normalized spacial score (nSPS) is 14.5. The zero-order chi connectivity index (χ0) is 14.4. The molecule has 0 aromatic heterocycles. The molecule has 116 valence electrons. The van der Waals surface area contributed by atoms with Crippen molar-refractivity contribution < 1.29 is 9.05 Å². The van der Waals surface area contributed by atoms with Crippen molar-refractivity contribution in [1.29, 1.82) is 0 Å². The first-order valence-corrected chi connectivity index (χ1v) is 11.4. The summed E-state index contributed by atoms with van der Waals surface area (Å²) >= 11 is 10.4. The Bertz CT molecular complexity index is 237. The van der Waals surface area contributed by atoms with Gasteiger partial charge in [0.05, 0.1) is 18.9 Å². The fourth-order valence-corrected chi connectivity index (χ4v) is 3.48. The average Bonchev–Trinajstić information content (AvgIpc) is 2.37. The van der Waals surface area contributed by atoms with E-state index in [2.05, 4.69) is 13.8 Å². The van der Waals surface area contributed by atoms with Crippen molar-refractivity contribution in [2.24, 2.45) is 0 Å². The lowest BCUT2D eigenvalue weighted by atomic mass is 10.1. The van der Waals surface area contributed by atoms with E-state index in [9.17, 15) is 0 Å². The number of hydrogen-bond acceptors (Lipinski definition) is 4. The highest BCUT2D eigenvalue weighted by atomic mass is 32.9. The second-order valence-corrected chi connectivity index (χ2v) is 9.93. The van der Waals surface area contributed by atoms with E-state index >= 15 is 0 Å². The fourth-order valence-electron chi connectivity index (χ4n) is 1.80. The Balaban J connectivity index is 3.38. The molecule has 0 saturated carbocycles. The molecule has 0 heterocycles. The van der Waals surface area contributed by atoms with E-state index in [1.54, 1.807) is 0 Å². The molecule has 1 unspecified atom stereocenters.